The van der Waals surface area contributed by atoms with E-state index in [1.54, 1.807) is 20.8 Å². The van der Waals surface area contributed by atoms with E-state index in [0.29, 0.717) is 11.5 Å². The fourth-order valence-corrected chi connectivity index (χ4v) is 7.40. The average Bonchev–Trinajstić information content (AvgIpc) is 3.85. The molecule has 256 valence electrons. The van der Waals surface area contributed by atoms with Gasteiger partial charge in [-0.2, -0.15) is 0 Å². The van der Waals surface area contributed by atoms with E-state index in [9.17, 15) is 19.5 Å². The largest absolute Gasteiger partial charge is 0.469 e. The molecule has 4 aromatic rings. The number of oxazole rings is 2. The molecule has 49 heavy (non-hydrogen) atoms. The number of hydrogen-bond acceptors (Lipinski definition) is 11. The first kappa shape index (κ1) is 32.6. The molecule has 3 N–H and O–H groups in total. The van der Waals surface area contributed by atoms with Crippen molar-refractivity contribution < 1.29 is 37.8 Å². The number of aryl methyl sites for hydroxylation is 1. The van der Waals surface area contributed by atoms with Crippen molar-refractivity contribution in [3.8, 4) is 17.3 Å². The van der Waals surface area contributed by atoms with Gasteiger partial charge in [-0.05, 0) is 55.4 Å². The lowest BCUT2D eigenvalue weighted by Crippen LogP contribution is -2.43. The first-order chi connectivity index (χ1) is 23.4. The van der Waals surface area contributed by atoms with Gasteiger partial charge in [-0.1, -0.05) is 58.0 Å². The van der Waals surface area contributed by atoms with E-state index < -0.39 is 35.2 Å². The number of Topliss-reactive ketones (excluding diaryl/α,β-unsaturated/α-hetero) is 1. The van der Waals surface area contributed by atoms with Crippen LogP contribution in [0.25, 0.3) is 11.6 Å². The first-order valence-electron chi connectivity index (χ1n) is 16.7. The minimum absolute atomic E-state index is 0.00982. The molecule has 3 aliphatic heterocycles. The van der Waals surface area contributed by atoms with E-state index in [1.807, 2.05) is 56.3 Å². The second-order valence-corrected chi connectivity index (χ2v) is 13.5. The van der Waals surface area contributed by atoms with E-state index in [1.165, 1.54) is 7.11 Å². The molecule has 1 spiro atoms. The smallest absolute Gasteiger partial charge is 0.360 e. The van der Waals surface area contributed by atoms with Crippen LogP contribution in [0.15, 0.2) is 51.3 Å². The number of nitrogens with zero attached hydrogens (tertiary/aromatic N) is 2. The maximum Gasteiger partial charge on any atom is 0.360 e. The predicted octanol–water partition coefficient (Wildman–Crippen LogP) is 5.40. The second-order valence-electron chi connectivity index (χ2n) is 13.5. The minimum atomic E-state index is -1.52. The third kappa shape index (κ3) is 4.95. The van der Waals surface area contributed by atoms with Crippen LogP contribution >= 0.6 is 0 Å². The van der Waals surface area contributed by atoms with Crippen molar-refractivity contribution in [3.63, 3.8) is 0 Å². The Morgan fingerprint density at radius 3 is 2.55 bits per heavy atom. The zero-order valence-corrected chi connectivity index (χ0v) is 28.4. The summed E-state index contributed by atoms with van der Waals surface area (Å²) in [6, 6.07) is 12.9. The SMILES string of the molecule is CCC(O)(CC)C(=O)CC1Cc2ccc3c(c2)C2(c4ccccc4N[C@H]2O3)c2oc(nc2-c2nc(C(=O)OC)c(C)o2)[C@H](C(C)C)NC1=O. The number of rotatable bonds is 8. The average molecular weight is 669 g/mol. The minimum Gasteiger partial charge on any atom is -0.469 e. The highest BCUT2D eigenvalue weighted by Gasteiger charge is 2.61. The topological polar surface area (TPSA) is 166 Å². The van der Waals surface area contributed by atoms with Crippen LogP contribution in [0, 0.1) is 18.8 Å². The molecule has 0 saturated carbocycles. The molecule has 0 aliphatic carbocycles. The molecule has 0 saturated heterocycles. The van der Waals surface area contributed by atoms with Gasteiger partial charge in [0.2, 0.25) is 17.7 Å². The lowest BCUT2D eigenvalue weighted by Gasteiger charge is -2.29. The summed E-state index contributed by atoms with van der Waals surface area (Å²) in [5, 5.41) is 17.7. The van der Waals surface area contributed by atoms with Gasteiger partial charge >= 0.3 is 5.97 Å². The molecule has 2 unspecified atom stereocenters. The molecule has 12 heteroatoms. The third-order valence-electron chi connectivity index (χ3n) is 10.3. The van der Waals surface area contributed by atoms with Crippen molar-refractivity contribution in [1.29, 1.82) is 0 Å². The van der Waals surface area contributed by atoms with Gasteiger partial charge < -0.3 is 34.0 Å². The number of aromatic nitrogens is 2. The highest BCUT2D eigenvalue weighted by Crippen LogP contribution is 2.59. The molecule has 2 aromatic carbocycles. The number of amides is 1. The summed E-state index contributed by atoms with van der Waals surface area (Å²) in [6.07, 6.45) is -0.0539. The number of nitrogens with one attached hydrogen (secondary N) is 2. The molecule has 4 bridgehead atoms. The van der Waals surface area contributed by atoms with Crippen LogP contribution in [0.2, 0.25) is 0 Å². The molecular weight excluding hydrogens is 628 g/mol. The lowest BCUT2D eigenvalue weighted by molar-refractivity contribution is -0.141. The van der Waals surface area contributed by atoms with Gasteiger partial charge in [0.1, 0.15) is 28.6 Å². The molecular formula is C37H40N4O8. The van der Waals surface area contributed by atoms with Crippen LogP contribution in [0.4, 0.5) is 5.69 Å². The van der Waals surface area contributed by atoms with Crippen LogP contribution in [0.5, 0.6) is 5.75 Å². The van der Waals surface area contributed by atoms with Crippen LogP contribution in [0.3, 0.4) is 0 Å². The summed E-state index contributed by atoms with van der Waals surface area (Å²) in [5.41, 5.74) is 0.952. The van der Waals surface area contributed by atoms with E-state index in [-0.39, 0.29) is 72.2 Å². The summed E-state index contributed by atoms with van der Waals surface area (Å²) < 4.78 is 24.5. The third-order valence-corrected chi connectivity index (χ3v) is 10.3. The fourth-order valence-electron chi connectivity index (χ4n) is 7.40. The van der Waals surface area contributed by atoms with Crippen molar-refractivity contribution in [1.82, 2.24) is 15.3 Å². The number of hydrogen-bond donors (Lipinski definition) is 3. The van der Waals surface area contributed by atoms with E-state index in [0.717, 1.165) is 22.4 Å². The Morgan fingerprint density at radius 1 is 1.08 bits per heavy atom. The monoisotopic (exact) mass is 668 g/mol. The quantitative estimate of drug-likeness (QED) is 0.206. The number of para-hydroxylation sites is 1. The summed E-state index contributed by atoms with van der Waals surface area (Å²) in [4.78, 5) is 49.8. The molecule has 7 rings (SSSR count). The zero-order chi connectivity index (χ0) is 34.8. The fraction of sp³-hybridized carbons (Fsp3) is 0.432. The number of esters is 1. The van der Waals surface area contributed by atoms with Gasteiger partial charge in [-0.25, -0.2) is 14.8 Å². The normalized spacial score (nSPS) is 22.3. The standard InChI is InChI=1S/C37H40N4O8/c1-7-36(45,8-2)26(42)17-21-15-20-13-14-25-23(16-20)37(22-11-9-10-12-24(22)38-35(37)48-25)30-29(33-40-28(19(5)47-33)34(44)46-6)41-32(49-30)27(18(3)4)39-31(21)43/h9-14,16,18,21,27,35,38,45H,7-8,15,17H2,1-6H3,(H,39,43)/t21?,27-,35-,37?/m0/s1. The maximum absolute atomic E-state index is 14.2. The van der Waals surface area contributed by atoms with Gasteiger partial charge in [0.25, 0.3) is 0 Å². The van der Waals surface area contributed by atoms with Crippen molar-refractivity contribution in [3.05, 3.63) is 82.3 Å². The number of ether oxygens (including phenoxy) is 2. The van der Waals surface area contributed by atoms with Crippen molar-refractivity contribution in [2.24, 2.45) is 11.8 Å². The van der Waals surface area contributed by atoms with Gasteiger partial charge in [0, 0.05) is 23.6 Å². The Hall–Kier alpha value is -4.97. The van der Waals surface area contributed by atoms with Crippen LogP contribution in [-0.2, 0) is 26.2 Å². The Balaban J connectivity index is 1.49. The number of benzene rings is 2. The molecule has 12 nitrogen and oxygen atoms in total. The molecule has 5 heterocycles. The molecule has 0 radical (unpaired) electrons. The summed E-state index contributed by atoms with van der Waals surface area (Å²) >= 11 is 0. The Bertz CT molecular complexity index is 1970. The molecule has 3 aliphatic rings. The number of aliphatic hydroxyl groups is 1. The Labute approximate surface area is 283 Å². The number of carbonyl (C=O) groups excluding carboxylic acids is 3. The van der Waals surface area contributed by atoms with Gasteiger partial charge in [-0.15, -0.1) is 0 Å². The van der Waals surface area contributed by atoms with Crippen LogP contribution in [-0.4, -0.2) is 51.7 Å². The van der Waals surface area contributed by atoms with E-state index in [4.69, 9.17) is 23.3 Å². The predicted molar refractivity (Wildman–Crippen MR) is 177 cm³/mol. The van der Waals surface area contributed by atoms with E-state index in [2.05, 4.69) is 15.6 Å². The summed E-state index contributed by atoms with van der Waals surface area (Å²) in [7, 11) is 1.27. The van der Waals surface area contributed by atoms with Crippen molar-refractivity contribution in [2.45, 2.75) is 83.6 Å². The highest BCUT2D eigenvalue weighted by molar-refractivity contribution is 5.92. The number of anilines is 1. The van der Waals surface area contributed by atoms with Crippen LogP contribution < -0.4 is 15.4 Å². The summed E-state index contributed by atoms with van der Waals surface area (Å²) in [5.74, 6) is -0.879. The van der Waals surface area contributed by atoms with Gasteiger partial charge in [0.05, 0.1) is 7.11 Å². The summed E-state index contributed by atoms with van der Waals surface area (Å²) in [6.45, 7) is 9.02. The molecule has 0 fully saturated rings. The number of carbonyl (C=O) groups is 3. The second kappa shape index (κ2) is 11.9. The Kier molecular flexibility index (Phi) is 7.89. The lowest BCUT2D eigenvalue weighted by atomic mass is 9.72. The highest BCUT2D eigenvalue weighted by atomic mass is 16.5. The number of ketones is 1. The van der Waals surface area contributed by atoms with Crippen molar-refractivity contribution >= 4 is 23.3 Å². The number of fused-ring (bicyclic) bond motifs is 4. The molecule has 4 atom stereocenters. The van der Waals surface area contributed by atoms with Crippen molar-refractivity contribution in [2.75, 3.05) is 12.4 Å². The first-order valence-corrected chi connectivity index (χ1v) is 16.7. The zero-order valence-electron chi connectivity index (χ0n) is 28.4. The van der Waals surface area contributed by atoms with Gasteiger partial charge in [-0.3, -0.25) is 9.59 Å². The Morgan fingerprint density at radius 2 is 1.84 bits per heavy atom. The van der Waals surface area contributed by atoms with Gasteiger partial charge in [0.15, 0.2) is 29.2 Å². The maximum atomic E-state index is 14.2. The molecule has 2 aromatic heterocycles. The molecule has 1 amide bonds. The number of methoxy groups -OCH3 is 1. The van der Waals surface area contributed by atoms with Crippen LogP contribution in [0.1, 0.15) is 97.6 Å². The van der Waals surface area contributed by atoms with E-state index >= 15 is 0 Å².